The van der Waals surface area contributed by atoms with Crippen molar-refractivity contribution < 1.29 is 9.90 Å². The molecule has 0 fully saturated rings. The van der Waals surface area contributed by atoms with E-state index in [1.165, 1.54) is 6.07 Å². The molecule has 0 unspecified atom stereocenters. The predicted molar refractivity (Wildman–Crippen MR) is 71.3 cm³/mol. The van der Waals surface area contributed by atoms with Crippen molar-refractivity contribution in [1.82, 2.24) is 9.78 Å². The van der Waals surface area contributed by atoms with E-state index < -0.39 is 5.91 Å². The molecule has 0 aliphatic carbocycles. The number of aromatic nitrogens is 2. The molecule has 0 radical (unpaired) electrons. The molecule has 0 aliphatic heterocycles. The van der Waals surface area contributed by atoms with E-state index in [-0.39, 0.29) is 11.3 Å². The number of rotatable bonds is 2. The van der Waals surface area contributed by atoms with Gasteiger partial charge in [0.05, 0.1) is 11.3 Å². The first-order valence-corrected chi connectivity index (χ1v) is 5.72. The molecule has 1 amide bonds. The summed E-state index contributed by atoms with van der Waals surface area (Å²) >= 11 is 0. The highest BCUT2D eigenvalue weighted by molar-refractivity contribution is 6.00. The Kier molecular flexibility index (Phi) is 2.45. The van der Waals surface area contributed by atoms with Gasteiger partial charge in [-0.3, -0.25) is 4.79 Å². The van der Waals surface area contributed by atoms with Crippen LogP contribution in [-0.4, -0.2) is 20.8 Å². The van der Waals surface area contributed by atoms with E-state index >= 15 is 0 Å². The zero-order valence-corrected chi connectivity index (χ0v) is 9.95. The third kappa shape index (κ3) is 1.91. The van der Waals surface area contributed by atoms with E-state index in [2.05, 4.69) is 5.10 Å². The number of carbonyl (C=O) groups is 1. The highest BCUT2D eigenvalue weighted by Crippen LogP contribution is 2.26. The quantitative estimate of drug-likeness (QED) is 0.731. The fraction of sp³-hybridized carbons (Fsp3) is 0. The van der Waals surface area contributed by atoms with Crippen LogP contribution < -0.4 is 5.73 Å². The lowest BCUT2D eigenvalue weighted by molar-refractivity contribution is 0.0998. The molecule has 0 aliphatic rings. The number of amides is 1. The molecule has 0 saturated carbocycles. The number of nitrogens with two attached hydrogens (primary N) is 1. The van der Waals surface area contributed by atoms with E-state index in [9.17, 15) is 9.90 Å². The van der Waals surface area contributed by atoms with Crippen molar-refractivity contribution in [3.8, 4) is 11.4 Å². The van der Waals surface area contributed by atoms with Gasteiger partial charge < -0.3 is 10.8 Å². The Hall–Kier alpha value is -2.82. The minimum absolute atomic E-state index is 0.105. The summed E-state index contributed by atoms with van der Waals surface area (Å²) in [6.07, 6.45) is 3.52. The van der Waals surface area contributed by atoms with Crippen LogP contribution in [0.4, 0.5) is 0 Å². The standard InChI is InChI=1S/C14H11N3O2/c15-14(19)12-7-10-6-11(17-5-1-4-16-17)3-2-9(10)8-13(12)18/h1-8,18H,(H2,15,19). The second-order valence-electron chi connectivity index (χ2n) is 4.22. The van der Waals surface area contributed by atoms with Crippen molar-refractivity contribution in [2.45, 2.75) is 0 Å². The van der Waals surface area contributed by atoms with Gasteiger partial charge in [0.1, 0.15) is 5.75 Å². The van der Waals surface area contributed by atoms with Crippen LogP contribution in [0, 0.1) is 0 Å². The Balaban J connectivity index is 2.22. The lowest BCUT2D eigenvalue weighted by Gasteiger charge is -2.06. The molecule has 0 spiro atoms. The maximum atomic E-state index is 11.2. The lowest BCUT2D eigenvalue weighted by atomic mass is 10.0. The van der Waals surface area contributed by atoms with Crippen LogP contribution in [0.5, 0.6) is 5.75 Å². The minimum atomic E-state index is -0.649. The molecule has 5 heteroatoms. The zero-order chi connectivity index (χ0) is 13.4. The summed E-state index contributed by atoms with van der Waals surface area (Å²) in [6.45, 7) is 0. The first-order valence-electron chi connectivity index (χ1n) is 5.72. The summed E-state index contributed by atoms with van der Waals surface area (Å²) in [4.78, 5) is 11.2. The third-order valence-corrected chi connectivity index (χ3v) is 2.97. The zero-order valence-electron chi connectivity index (χ0n) is 9.95. The van der Waals surface area contributed by atoms with Crippen molar-refractivity contribution in [1.29, 1.82) is 0 Å². The number of nitrogens with zero attached hydrogens (tertiary/aromatic N) is 2. The predicted octanol–water partition coefficient (Wildman–Crippen LogP) is 1.83. The van der Waals surface area contributed by atoms with Gasteiger partial charge in [0.25, 0.3) is 5.91 Å². The summed E-state index contributed by atoms with van der Waals surface area (Å²) in [5, 5.41) is 15.5. The van der Waals surface area contributed by atoms with E-state index in [0.717, 1.165) is 16.5 Å². The Morgan fingerprint density at radius 3 is 2.74 bits per heavy atom. The average molecular weight is 253 g/mol. The number of primary amides is 1. The van der Waals surface area contributed by atoms with Gasteiger partial charge >= 0.3 is 0 Å². The molecule has 1 heterocycles. The highest BCUT2D eigenvalue weighted by Gasteiger charge is 2.09. The van der Waals surface area contributed by atoms with Gasteiger partial charge in [0.2, 0.25) is 0 Å². The van der Waals surface area contributed by atoms with Crippen molar-refractivity contribution >= 4 is 16.7 Å². The number of benzene rings is 2. The second-order valence-corrected chi connectivity index (χ2v) is 4.22. The number of fused-ring (bicyclic) bond motifs is 1. The molecule has 3 aromatic rings. The summed E-state index contributed by atoms with van der Waals surface area (Å²) in [6, 6.07) is 10.6. The van der Waals surface area contributed by atoms with Gasteiger partial charge in [-0.05, 0) is 41.1 Å². The van der Waals surface area contributed by atoms with E-state index in [0.29, 0.717) is 0 Å². The van der Waals surface area contributed by atoms with E-state index in [1.807, 2.05) is 30.5 Å². The van der Waals surface area contributed by atoms with Gasteiger partial charge in [-0.2, -0.15) is 5.10 Å². The molecule has 5 nitrogen and oxygen atoms in total. The Bertz CT molecular complexity index is 764. The molecule has 2 aromatic carbocycles. The van der Waals surface area contributed by atoms with Crippen molar-refractivity contribution in [2.24, 2.45) is 5.73 Å². The number of hydrogen-bond donors (Lipinski definition) is 2. The van der Waals surface area contributed by atoms with E-state index in [4.69, 9.17) is 5.73 Å². The number of aromatic hydroxyl groups is 1. The van der Waals surface area contributed by atoms with Gasteiger partial charge in [0.15, 0.2) is 0 Å². The van der Waals surface area contributed by atoms with Crippen LogP contribution in [0.1, 0.15) is 10.4 Å². The van der Waals surface area contributed by atoms with Crippen LogP contribution in [0.15, 0.2) is 48.8 Å². The molecule has 0 saturated heterocycles. The van der Waals surface area contributed by atoms with Crippen LogP contribution in [0.2, 0.25) is 0 Å². The van der Waals surface area contributed by atoms with Crippen LogP contribution >= 0.6 is 0 Å². The average Bonchev–Trinajstić information content (AvgIpc) is 2.91. The van der Waals surface area contributed by atoms with Crippen LogP contribution in [-0.2, 0) is 0 Å². The smallest absolute Gasteiger partial charge is 0.252 e. The highest BCUT2D eigenvalue weighted by atomic mass is 16.3. The summed E-state index contributed by atoms with van der Waals surface area (Å²) in [5.74, 6) is -0.754. The Morgan fingerprint density at radius 1 is 1.21 bits per heavy atom. The van der Waals surface area contributed by atoms with E-state index in [1.54, 1.807) is 16.9 Å². The fourth-order valence-electron chi connectivity index (χ4n) is 2.03. The van der Waals surface area contributed by atoms with Crippen LogP contribution in [0.25, 0.3) is 16.5 Å². The van der Waals surface area contributed by atoms with Crippen molar-refractivity contribution in [3.63, 3.8) is 0 Å². The maximum absolute atomic E-state index is 11.2. The first-order chi connectivity index (χ1) is 9.15. The molecule has 0 bridgehead atoms. The summed E-state index contributed by atoms with van der Waals surface area (Å²) in [7, 11) is 0. The van der Waals surface area contributed by atoms with Crippen molar-refractivity contribution in [2.75, 3.05) is 0 Å². The number of hydrogen-bond acceptors (Lipinski definition) is 3. The SMILES string of the molecule is NC(=O)c1cc2cc(-n3cccn3)ccc2cc1O. The third-order valence-electron chi connectivity index (χ3n) is 2.97. The molecule has 1 aromatic heterocycles. The Labute approximate surface area is 108 Å². The van der Waals surface area contributed by atoms with Gasteiger partial charge in [-0.25, -0.2) is 4.68 Å². The first kappa shape index (κ1) is 11.3. The molecular weight excluding hydrogens is 242 g/mol. The molecular formula is C14H11N3O2. The molecule has 3 rings (SSSR count). The largest absolute Gasteiger partial charge is 0.507 e. The molecule has 0 atom stereocenters. The Morgan fingerprint density at radius 2 is 2.05 bits per heavy atom. The van der Waals surface area contributed by atoms with Gasteiger partial charge in [-0.15, -0.1) is 0 Å². The molecule has 19 heavy (non-hydrogen) atoms. The van der Waals surface area contributed by atoms with Crippen molar-refractivity contribution in [3.05, 3.63) is 54.4 Å². The summed E-state index contributed by atoms with van der Waals surface area (Å²) in [5.41, 5.74) is 6.21. The minimum Gasteiger partial charge on any atom is -0.507 e. The normalized spacial score (nSPS) is 10.7. The molecule has 94 valence electrons. The number of carbonyl (C=O) groups excluding carboxylic acids is 1. The second kappa shape index (κ2) is 4.13. The molecule has 3 N–H and O–H groups in total. The van der Waals surface area contributed by atoms with Gasteiger partial charge in [-0.1, -0.05) is 6.07 Å². The summed E-state index contributed by atoms with van der Waals surface area (Å²) < 4.78 is 1.72. The monoisotopic (exact) mass is 253 g/mol. The maximum Gasteiger partial charge on any atom is 0.252 e. The fourth-order valence-corrected chi connectivity index (χ4v) is 2.03. The van der Waals surface area contributed by atoms with Gasteiger partial charge in [0, 0.05) is 12.4 Å². The van der Waals surface area contributed by atoms with Crippen LogP contribution in [0.3, 0.4) is 0 Å². The number of phenols is 1. The lowest BCUT2D eigenvalue weighted by Crippen LogP contribution is -2.11. The topological polar surface area (TPSA) is 81.1 Å².